The summed E-state index contributed by atoms with van der Waals surface area (Å²) in [5, 5.41) is 20.9. The van der Waals surface area contributed by atoms with Crippen LogP contribution in [0.15, 0.2) is 42.5 Å². The van der Waals surface area contributed by atoms with E-state index in [4.69, 9.17) is 23.2 Å². The van der Waals surface area contributed by atoms with Gasteiger partial charge in [-0.3, -0.25) is 10.1 Å². The highest BCUT2D eigenvalue weighted by atomic mass is 35.5. The molecule has 1 unspecified atom stereocenters. The number of nitro groups is 1. The molecule has 0 N–H and O–H groups in total. The molecule has 1 atom stereocenters. The fourth-order valence-electron chi connectivity index (χ4n) is 1.97. The van der Waals surface area contributed by atoms with E-state index in [9.17, 15) is 15.4 Å². The van der Waals surface area contributed by atoms with Crippen LogP contribution in [0.5, 0.6) is 0 Å². The van der Waals surface area contributed by atoms with Gasteiger partial charge in [0.25, 0.3) is 5.69 Å². The van der Waals surface area contributed by atoms with Crippen LogP contribution in [0.1, 0.15) is 17.0 Å². The Labute approximate surface area is 131 Å². The van der Waals surface area contributed by atoms with Crippen molar-refractivity contribution in [3.63, 3.8) is 0 Å². The largest absolute Gasteiger partial charge is 0.270 e. The average molecular weight is 321 g/mol. The van der Waals surface area contributed by atoms with Crippen molar-refractivity contribution in [3.05, 3.63) is 73.8 Å². The first-order valence-corrected chi connectivity index (χ1v) is 6.84. The molecule has 2 rings (SSSR count). The number of hydrogen-bond donors (Lipinski definition) is 0. The Morgan fingerprint density at radius 3 is 2.38 bits per heavy atom. The lowest BCUT2D eigenvalue weighted by molar-refractivity contribution is -0.384. The molecule has 0 radical (unpaired) electrons. The molecule has 106 valence electrons. The lowest BCUT2D eigenvalue weighted by atomic mass is 9.93. The molecule has 0 saturated heterocycles. The first-order valence-electron chi connectivity index (χ1n) is 6.09. The second-order valence-electron chi connectivity index (χ2n) is 4.47. The van der Waals surface area contributed by atoms with E-state index in [0.29, 0.717) is 22.0 Å². The molecular weight excluding hydrogens is 311 g/mol. The molecule has 2 aromatic carbocycles. The van der Waals surface area contributed by atoms with Gasteiger partial charge in [0, 0.05) is 17.2 Å². The van der Waals surface area contributed by atoms with Crippen LogP contribution >= 0.6 is 23.2 Å². The molecule has 0 spiro atoms. The third-order valence-corrected chi connectivity index (χ3v) is 3.70. The number of halogens is 2. The van der Waals surface area contributed by atoms with Gasteiger partial charge in [-0.05, 0) is 29.7 Å². The number of hydrogen-bond acceptors (Lipinski definition) is 3. The van der Waals surface area contributed by atoms with Crippen molar-refractivity contribution in [1.82, 2.24) is 0 Å². The van der Waals surface area contributed by atoms with Crippen LogP contribution in [0.2, 0.25) is 10.0 Å². The third-order valence-electron chi connectivity index (χ3n) is 3.10. The second kappa shape index (κ2) is 6.57. The minimum absolute atomic E-state index is 0.0660. The molecule has 0 aliphatic rings. The average Bonchev–Trinajstić information content (AvgIpc) is 2.47. The Morgan fingerprint density at radius 2 is 1.86 bits per heavy atom. The summed E-state index contributed by atoms with van der Waals surface area (Å²) in [4.78, 5) is 10.2. The predicted octanol–water partition coefficient (Wildman–Crippen LogP) is 4.75. The molecule has 0 saturated carbocycles. The number of benzene rings is 2. The van der Waals surface area contributed by atoms with Crippen LogP contribution in [0.25, 0.3) is 0 Å². The highest BCUT2D eigenvalue weighted by Crippen LogP contribution is 2.28. The Hall–Kier alpha value is -2.09. The van der Waals surface area contributed by atoms with Gasteiger partial charge in [-0.2, -0.15) is 5.26 Å². The monoisotopic (exact) mass is 320 g/mol. The molecule has 0 amide bonds. The molecule has 0 fully saturated rings. The molecule has 4 nitrogen and oxygen atoms in total. The van der Waals surface area contributed by atoms with Gasteiger partial charge in [-0.1, -0.05) is 41.4 Å². The summed E-state index contributed by atoms with van der Waals surface area (Å²) in [6.07, 6.45) is 0.384. The van der Waals surface area contributed by atoms with Gasteiger partial charge < -0.3 is 0 Å². The van der Waals surface area contributed by atoms with Gasteiger partial charge in [0.1, 0.15) is 0 Å². The maximum absolute atomic E-state index is 10.7. The topological polar surface area (TPSA) is 66.9 Å². The number of nitrogens with zero attached hydrogens (tertiary/aromatic N) is 2. The quantitative estimate of drug-likeness (QED) is 0.603. The Morgan fingerprint density at radius 1 is 1.19 bits per heavy atom. The van der Waals surface area contributed by atoms with Crippen LogP contribution in [-0.4, -0.2) is 4.92 Å². The van der Waals surface area contributed by atoms with E-state index >= 15 is 0 Å². The molecule has 2 aromatic rings. The summed E-state index contributed by atoms with van der Waals surface area (Å²) in [6, 6.07) is 13.5. The molecule has 0 aromatic heterocycles. The van der Waals surface area contributed by atoms with Crippen molar-refractivity contribution in [1.29, 1.82) is 5.26 Å². The maximum Gasteiger partial charge on any atom is 0.270 e. The zero-order valence-electron chi connectivity index (χ0n) is 10.8. The highest BCUT2D eigenvalue weighted by molar-refractivity contribution is 6.31. The zero-order chi connectivity index (χ0) is 15.4. The normalized spacial score (nSPS) is 11.7. The number of rotatable bonds is 4. The van der Waals surface area contributed by atoms with Crippen LogP contribution in [-0.2, 0) is 6.42 Å². The molecule has 0 aliphatic carbocycles. The predicted molar refractivity (Wildman–Crippen MR) is 81.6 cm³/mol. The van der Waals surface area contributed by atoms with E-state index in [-0.39, 0.29) is 11.6 Å². The second-order valence-corrected chi connectivity index (χ2v) is 5.31. The fourth-order valence-corrected chi connectivity index (χ4v) is 2.35. The van der Waals surface area contributed by atoms with Crippen molar-refractivity contribution in [2.45, 2.75) is 12.3 Å². The highest BCUT2D eigenvalue weighted by Gasteiger charge is 2.15. The van der Waals surface area contributed by atoms with E-state index in [1.807, 2.05) is 0 Å². The smallest absolute Gasteiger partial charge is 0.258 e. The van der Waals surface area contributed by atoms with E-state index < -0.39 is 4.92 Å². The number of non-ortho nitro benzene ring substituents is 1. The summed E-state index contributed by atoms with van der Waals surface area (Å²) in [5.41, 5.74) is 1.46. The minimum atomic E-state index is -0.503. The molecular formula is C15H10Cl2N2O2. The van der Waals surface area contributed by atoms with Crippen molar-refractivity contribution in [2.24, 2.45) is 0 Å². The Kier molecular flexibility index (Phi) is 4.79. The first kappa shape index (κ1) is 15.3. The van der Waals surface area contributed by atoms with Gasteiger partial charge in [0.15, 0.2) is 0 Å². The molecule has 0 bridgehead atoms. The molecule has 6 heteroatoms. The number of nitro benzene ring substituents is 1. The lowest BCUT2D eigenvalue weighted by Gasteiger charge is -2.11. The van der Waals surface area contributed by atoms with Crippen molar-refractivity contribution in [2.75, 3.05) is 0 Å². The molecule has 0 aliphatic heterocycles. The molecule has 21 heavy (non-hydrogen) atoms. The van der Waals surface area contributed by atoms with Gasteiger partial charge >= 0.3 is 0 Å². The van der Waals surface area contributed by atoms with E-state index in [1.165, 1.54) is 12.1 Å². The lowest BCUT2D eigenvalue weighted by Crippen LogP contribution is -2.01. The van der Waals surface area contributed by atoms with Crippen LogP contribution in [0.4, 0.5) is 5.69 Å². The first-order chi connectivity index (χ1) is 10.0. The summed E-state index contributed by atoms with van der Waals surface area (Å²) in [7, 11) is 0. The van der Waals surface area contributed by atoms with Crippen molar-refractivity contribution < 1.29 is 4.92 Å². The van der Waals surface area contributed by atoms with Crippen LogP contribution in [0, 0.1) is 21.4 Å². The summed E-state index contributed by atoms with van der Waals surface area (Å²) in [5.74, 6) is -0.388. The van der Waals surface area contributed by atoms with Crippen LogP contribution < -0.4 is 0 Å². The fraction of sp³-hybridized carbons (Fsp3) is 0.133. The minimum Gasteiger partial charge on any atom is -0.258 e. The van der Waals surface area contributed by atoms with Gasteiger partial charge in [-0.15, -0.1) is 0 Å². The van der Waals surface area contributed by atoms with E-state index in [0.717, 1.165) is 5.56 Å². The number of nitriles is 1. The zero-order valence-corrected chi connectivity index (χ0v) is 12.3. The van der Waals surface area contributed by atoms with Crippen molar-refractivity contribution >= 4 is 28.9 Å². The van der Waals surface area contributed by atoms with E-state index in [1.54, 1.807) is 30.3 Å². The summed E-state index contributed by atoms with van der Waals surface area (Å²) in [6.45, 7) is 0. The van der Waals surface area contributed by atoms with E-state index in [2.05, 4.69) is 6.07 Å². The Bertz CT molecular complexity index is 709. The molecule has 0 heterocycles. The third kappa shape index (κ3) is 3.72. The maximum atomic E-state index is 10.7. The van der Waals surface area contributed by atoms with Crippen LogP contribution in [0.3, 0.4) is 0 Å². The summed E-state index contributed by atoms with van der Waals surface area (Å²) >= 11 is 11.9. The SMILES string of the molecule is N#CC(Cc1ccc([N+](=O)[O-])cc1Cl)c1ccc(Cl)cc1. The van der Waals surface area contributed by atoms with Crippen molar-refractivity contribution in [3.8, 4) is 6.07 Å². The Balaban J connectivity index is 2.25. The summed E-state index contributed by atoms with van der Waals surface area (Å²) < 4.78 is 0. The van der Waals surface area contributed by atoms with Gasteiger partial charge in [0.05, 0.1) is 21.9 Å². The standard InChI is InChI=1S/C15H10Cl2N2O2/c16-13-4-1-10(2-5-13)12(9-18)7-11-3-6-14(19(20)21)8-15(11)17/h1-6,8,12H,7H2. The van der Waals surface area contributed by atoms with Gasteiger partial charge in [-0.25, -0.2) is 0 Å². The van der Waals surface area contributed by atoms with Gasteiger partial charge in [0.2, 0.25) is 0 Å².